The van der Waals surface area contributed by atoms with Gasteiger partial charge in [0.25, 0.3) is 0 Å². The third-order valence-corrected chi connectivity index (χ3v) is 5.00. The van der Waals surface area contributed by atoms with E-state index in [1.807, 2.05) is 18.2 Å². The summed E-state index contributed by atoms with van der Waals surface area (Å²) >= 11 is 0. The summed E-state index contributed by atoms with van der Waals surface area (Å²) in [5, 5.41) is 4.64. The van der Waals surface area contributed by atoms with Crippen LogP contribution in [0.4, 0.5) is 5.82 Å². The number of benzene rings is 3. The maximum Gasteiger partial charge on any atom is 0.126 e. The fourth-order valence-electron chi connectivity index (χ4n) is 3.49. The Morgan fingerprint density at radius 1 is 0.750 bits per heavy atom. The zero-order valence-electron chi connectivity index (χ0n) is 16.1. The SMILES string of the molecule is COc1ccccc1CNc1ccc2c(CCc3ccccc3)cccc2n1. The maximum atomic E-state index is 5.42. The van der Waals surface area contributed by atoms with Crippen LogP contribution >= 0.6 is 0 Å². The fourth-order valence-corrected chi connectivity index (χ4v) is 3.49. The highest BCUT2D eigenvalue weighted by Gasteiger charge is 2.06. The number of para-hydroxylation sites is 1. The van der Waals surface area contributed by atoms with Gasteiger partial charge in [0.2, 0.25) is 0 Å². The number of pyridine rings is 1. The molecule has 0 saturated carbocycles. The van der Waals surface area contributed by atoms with Crippen LogP contribution in [-0.2, 0) is 19.4 Å². The Kier molecular flexibility index (Phi) is 5.53. The molecule has 1 N–H and O–H groups in total. The summed E-state index contributed by atoms with van der Waals surface area (Å²) in [7, 11) is 1.70. The molecule has 0 aliphatic rings. The molecular weight excluding hydrogens is 344 g/mol. The third kappa shape index (κ3) is 4.15. The van der Waals surface area contributed by atoms with Crippen molar-refractivity contribution in [1.29, 1.82) is 0 Å². The lowest BCUT2D eigenvalue weighted by Crippen LogP contribution is -2.03. The number of nitrogens with zero attached hydrogens (tertiary/aromatic N) is 1. The molecule has 1 heterocycles. The molecule has 0 aliphatic heterocycles. The van der Waals surface area contributed by atoms with Crippen LogP contribution in [0.5, 0.6) is 5.75 Å². The molecule has 3 heteroatoms. The van der Waals surface area contributed by atoms with E-state index >= 15 is 0 Å². The van der Waals surface area contributed by atoms with Gasteiger partial charge in [0.05, 0.1) is 12.6 Å². The summed E-state index contributed by atoms with van der Waals surface area (Å²) in [4.78, 5) is 4.81. The lowest BCUT2D eigenvalue weighted by molar-refractivity contribution is 0.410. The lowest BCUT2D eigenvalue weighted by atomic mass is 10.0. The van der Waals surface area contributed by atoms with Crippen LogP contribution in [0.15, 0.2) is 84.9 Å². The van der Waals surface area contributed by atoms with Gasteiger partial charge in [-0.25, -0.2) is 4.98 Å². The zero-order valence-corrected chi connectivity index (χ0v) is 16.1. The number of hydrogen-bond donors (Lipinski definition) is 1. The van der Waals surface area contributed by atoms with E-state index in [1.54, 1.807) is 7.11 Å². The first-order valence-corrected chi connectivity index (χ1v) is 9.62. The van der Waals surface area contributed by atoms with Gasteiger partial charge >= 0.3 is 0 Å². The molecule has 1 aromatic heterocycles. The van der Waals surface area contributed by atoms with Crippen LogP contribution in [-0.4, -0.2) is 12.1 Å². The van der Waals surface area contributed by atoms with Crippen LogP contribution in [0.25, 0.3) is 10.9 Å². The standard InChI is InChI=1S/C25H24N2O/c1-28-24-13-6-5-10-21(24)18-26-25-17-16-22-20(11-7-12-23(22)27-25)15-14-19-8-3-2-4-9-19/h2-13,16-17H,14-15,18H2,1H3,(H,26,27). The summed E-state index contributed by atoms with van der Waals surface area (Å²) in [6, 6.07) is 29.3. The fraction of sp³-hybridized carbons (Fsp3) is 0.160. The zero-order chi connectivity index (χ0) is 19.2. The maximum absolute atomic E-state index is 5.42. The summed E-state index contributed by atoms with van der Waals surface area (Å²) in [6.07, 6.45) is 2.05. The number of anilines is 1. The molecule has 0 unspecified atom stereocenters. The first kappa shape index (κ1) is 18.1. The van der Waals surface area contributed by atoms with Crippen molar-refractivity contribution in [1.82, 2.24) is 4.98 Å². The van der Waals surface area contributed by atoms with Gasteiger partial charge in [-0.2, -0.15) is 0 Å². The summed E-state index contributed by atoms with van der Waals surface area (Å²) in [5.41, 5.74) is 4.84. The predicted molar refractivity (Wildman–Crippen MR) is 116 cm³/mol. The number of hydrogen-bond acceptors (Lipinski definition) is 3. The quantitative estimate of drug-likeness (QED) is 0.458. The molecule has 3 nitrogen and oxygen atoms in total. The predicted octanol–water partition coefficient (Wildman–Crippen LogP) is 5.64. The topological polar surface area (TPSA) is 34.1 Å². The smallest absolute Gasteiger partial charge is 0.126 e. The molecule has 4 aromatic rings. The number of aromatic nitrogens is 1. The van der Waals surface area contributed by atoms with Crippen molar-refractivity contribution in [3.05, 3.63) is 102 Å². The van der Waals surface area contributed by atoms with Crippen molar-refractivity contribution in [2.24, 2.45) is 0 Å². The van der Waals surface area contributed by atoms with Crippen molar-refractivity contribution in [3.8, 4) is 5.75 Å². The second-order valence-electron chi connectivity index (χ2n) is 6.83. The Hall–Kier alpha value is -3.33. The molecule has 0 fully saturated rings. The van der Waals surface area contributed by atoms with Crippen molar-refractivity contribution in [2.75, 3.05) is 12.4 Å². The molecule has 140 valence electrons. The van der Waals surface area contributed by atoms with E-state index in [0.29, 0.717) is 6.54 Å². The Morgan fingerprint density at radius 2 is 1.54 bits per heavy atom. The van der Waals surface area contributed by atoms with E-state index in [1.165, 1.54) is 16.5 Å². The van der Waals surface area contributed by atoms with Crippen LogP contribution < -0.4 is 10.1 Å². The average Bonchev–Trinajstić information content (AvgIpc) is 2.77. The van der Waals surface area contributed by atoms with Crippen LogP contribution in [0.3, 0.4) is 0 Å². The van der Waals surface area contributed by atoms with Crippen molar-refractivity contribution in [3.63, 3.8) is 0 Å². The van der Waals surface area contributed by atoms with Gasteiger partial charge in [-0.05, 0) is 48.2 Å². The van der Waals surface area contributed by atoms with Gasteiger partial charge in [0.1, 0.15) is 11.6 Å². The van der Waals surface area contributed by atoms with E-state index in [9.17, 15) is 0 Å². The number of ether oxygens (including phenoxy) is 1. The van der Waals surface area contributed by atoms with E-state index in [4.69, 9.17) is 9.72 Å². The highest BCUT2D eigenvalue weighted by molar-refractivity contribution is 5.83. The van der Waals surface area contributed by atoms with Crippen LogP contribution in [0.2, 0.25) is 0 Å². The molecule has 0 bridgehead atoms. The van der Waals surface area contributed by atoms with Gasteiger partial charge in [0, 0.05) is 17.5 Å². The second-order valence-corrected chi connectivity index (χ2v) is 6.83. The largest absolute Gasteiger partial charge is 0.496 e. The third-order valence-electron chi connectivity index (χ3n) is 5.00. The monoisotopic (exact) mass is 368 g/mol. The first-order chi connectivity index (χ1) is 13.8. The minimum Gasteiger partial charge on any atom is -0.496 e. The molecule has 4 rings (SSSR count). The summed E-state index contributed by atoms with van der Waals surface area (Å²) < 4.78 is 5.42. The number of nitrogens with one attached hydrogen (secondary N) is 1. The van der Waals surface area contributed by atoms with E-state index < -0.39 is 0 Å². The summed E-state index contributed by atoms with van der Waals surface area (Å²) in [5.74, 6) is 1.76. The number of rotatable bonds is 7. The number of aryl methyl sites for hydroxylation is 2. The van der Waals surface area contributed by atoms with Crippen LogP contribution in [0.1, 0.15) is 16.7 Å². The van der Waals surface area contributed by atoms with Gasteiger partial charge in [0.15, 0.2) is 0 Å². The van der Waals surface area contributed by atoms with Crippen LogP contribution in [0, 0.1) is 0 Å². The molecule has 28 heavy (non-hydrogen) atoms. The van der Waals surface area contributed by atoms with E-state index in [2.05, 4.69) is 72.0 Å². The van der Waals surface area contributed by atoms with E-state index in [-0.39, 0.29) is 0 Å². The Balaban J connectivity index is 1.50. The minimum absolute atomic E-state index is 0.677. The molecule has 0 atom stereocenters. The highest BCUT2D eigenvalue weighted by Crippen LogP contribution is 2.23. The van der Waals surface area contributed by atoms with Gasteiger partial charge in [-0.15, -0.1) is 0 Å². The van der Waals surface area contributed by atoms with Crippen molar-refractivity contribution in [2.45, 2.75) is 19.4 Å². The average molecular weight is 368 g/mol. The Morgan fingerprint density at radius 3 is 2.39 bits per heavy atom. The normalized spacial score (nSPS) is 10.8. The Bertz CT molecular complexity index is 1060. The molecule has 0 saturated heterocycles. The van der Waals surface area contributed by atoms with E-state index in [0.717, 1.165) is 35.5 Å². The molecule has 0 spiro atoms. The Labute approximate surface area is 166 Å². The highest BCUT2D eigenvalue weighted by atomic mass is 16.5. The second kappa shape index (κ2) is 8.57. The molecule has 0 aliphatic carbocycles. The van der Waals surface area contributed by atoms with Gasteiger partial charge in [-0.1, -0.05) is 60.7 Å². The van der Waals surface area contributed by atoms with Crippen molar-refractivity contribution < 1.29 is 4.74 Å². The minimum atomic E-state index is 0.677. The molecule has 0 amide bonds. The number of fused-ring (bicyclic) bond motifs is 1. The van der Waals surface area contributed by atoms with Crippen molar-refractivity contribution >= 4 is 16.7 Å². The van der Waals surface area contributed by atoms with Gasteiger partial charge in [-0.3, -0.25) is 0 Å². The van der Waals surface area contributed by atoms with Gasteiger partial charge < -0.3 is 10.1 Å². The summed E-state index contributed by atoms with van der Waals surface area (Å²) in [6.45, 7) is 0.677. The molecule has 3 aromatic carbocycles. The first-order valence-electron chi connectivity index (χ1n) is 9.62. The molecule has 0 radical (unpaired) electrons. The molecular formula is C25H24N2O. The number of methoxy groups -OCH3 is 1. The lowest BCUT2D eigenvalue weighted by Gasteiger charge is -2.11.